The molecule has 1 unspecified atom stereocenters. The Morgan fingerprint density at radius 3 is 2.61 bits per heavy atom. The zero-order valence-corrected chi connectivity index (χ0v) is 13.7. The van der Waals surface area contributed by atoms with E-state index in [-0.39, 0.29) is 11.9 Å². The smallest absolute Gasteiger partial charge is 0.313 e. The van der Waals surface area contributed by atoms with Crippen molar-refractivity contribution in [1.82, 2.24) is 0 Å². The number of methoxy groups -OCH3 is 1. The first-order chi connectivity index (χ1) is 11.2. The van der Waals surface area contributed by atoms with Gasteiger partial charge in [-0.2, -0.15) is 0 Å². The molecular weight excluding hydrogens is 288 g/mol. The van der Waals surface area contributed by atoms with Gasteiger partial charge in [-0.3, -0.25) is 4.79 Å². The van der Waals surface area contributed by atoms with Crippen LogP contribution in [0.4, 0.5) is 0 Å². The fraction of sp³-hybridized carbons (Fsp3) is 0.350. The van der Waals surface area contributed by atoms with Crippen molar-refractivity contribution in [1.29, 1.82) is 0 Å². The maximum absolute atomic E-state index is 12.1. The Bertz CT molecular complexity index is 692. The van der Waals surface area contributed by atoms with Crippen LogP contribution in [0.3, 0.4) is 0 Å². The Morgan fingerprint density at radius 1 is 1.13 bits per heavy atom. The largest absolute Gasteiger partial charge is 0.469 e. The Hall–Kier alpha value is -2.29. The summed E-state index contributed by atoms with van der Waals surface area (Å²) in [6, 6.07) is 14.4. The number of unbranched alkanes of at least 4 members (excludes halogenated alkanes) is 1. The summed E-state index contributed by atoms with van der Waals surface area (Å²) >= 11 is 0. The van der Waals surface area contributed by atoms with Gasteiger partial charge in [0.2, 0.25) is 0 Å². The number of ether oxygens (including phenoxy) is 2. The van der Waals surface area contributed by atoms with Gasteiger partial charge >= 0.3 is 5.97 Å². The summed E-state index contributed by atoms with van der Waals surface area (Å²) in [5.41, 5.74) is 3.40. The van der Waals surface area contributed by atoms with Crippen LogP contribution in [-0.2, 0) is 16.0 Å². The predicted molar refractivity (Wildman–Crippen MR) is 90.0 cm³/mol. The minimum Gasteiger partial charge on any atom is -0.469 e. The van der Waals surface area contributed by atoms with Crippen molar-refractivity contribution < 1.29 is 14.3 Å². The zero-order chi connectivity index (χ0) is 16.2. The normalized spacial score (nSPS) is 13.0. The highest BCUT2D eigenvalue weighted by Crippen LogP contribution is 2.54. The second-order valence-corrected chi connectivity index (χ2v) is 5.95. The molecule has 0 radical (unpaired) electrons. The van der Waals surface area contributed by atoms with Crippen molar-refractivity contribution in [2.45, 2.75) is 38.5 Å². The fourth-order valence-corrected chi connectivity index (χ4v) is 3.00. The van der Waals surface area contributed by atoms with Crippen LogP contribution in [0, 0.1) is 0 Å². The molecule has 0 aliphatic carbocycles. The van der Waals surface area contributed by atoms with Crippen LogP contribution in [0.25, 0.3) is 0 Å². The molecule has 0 N–H and O–H groups in total. The quantitative estimate of drug-likeness (QED) is 0.463. The van der Waals surface area contributed by atoms with Gasteiger partial charge in [0.25, 0.3) is 0 Å². The second-order valence-electron chi connectivity index (χ2n) is 5.95. The maximum Gasteiger partial charge on any atom is 0.313 e. The average Bonchev–Trinajstić information content (AvgIpc) is 3.38. The third kappa shape index (κ3) is 3.39. The highest BCUT2D eigenvalue weighted by Gasteiger charge is 2.34. The van der Waals surface area contributed by atoms with Crippen molar-refractivity contribution in [3.05, 3.63) is 59.2 Å². The van der Waals surface area contributed by atoms with Gasteiger partial charge in [0, 0.05) is 17.5 Å². The van der Waals surface area contributed by atoms with E-state index in [1.165, 1.54) is 18.2 Å². The molecule has 120 valence electrons. The molecular formula is C20H22O3. The monoisotopic (exact) mass is 310 g/mol. The highest BCUT2D eigenvalue weighted by molar-refractivity contribution is 5.81. The molecule has 0 fully saturated rings. The highest BCUT2D eigenvalue weighted by atomic mass is 16.6. The van der Waals surface area contributed by atoms with Crippen LogP contribution in [0.5, 0.6) is 11.5 Å². The van der Waals surface area contributed by atoms with E-state index in [9.17, 15) is 4.79 Å². The molecule has 0 bridgehead atoms. The van der Waals surface area contributed by atoms with E-state index in [0.29, 0.717) is 0 Å². The molecule has 1 aliphatic rings. The number of fused-ring (bicyclic) bond motifs is 1. The molecule has 0 spiro atoms. The molecule has 2 aromatic rings. The topological polar surface area (TPSA) is 38.8 Å². The SMILES string of the molecule is CCCCC(C(=O)OC)c1ccc(Cc2ccccc2)c2c1O2. The molecule has 1 aliphatic heterocycles. The molecule has 1 atom stereocenters. The number of esters is 1. The van der Waals surface area contributed by atoms with Gasteiger partial charge in [0.1, 0.15) is 0 Å². The lowest BCUT2D eigenvalue weighted by atomic mass is 9.92. The number of hydrogen-bond acceptors (Lipinski definition) is 3. The second kappa shape index (κ2) is 6.86. The Morgan fingerprint density at radius 2 is 1.91 bits per heavy atom. The predicted octanol–water partition coefficient (Wildman–Crippen LogP) is 4.83. The first-order valence-corrected chi connectivity index (χ1v) is 8.20. The molecule has 0 amide bonds. The van der Waals surface area contributed by atoms with Crippen LogP contribution < -0.4 is 4.74 Å². The summed E-state index contributed by atoms with van der Waals surface area (Å²) in [5.74, 6) is 1.43. The van der Waals surface area contributed by atoms with Crippen molar-refractivity contribution in [2.75, 3.05) is 7.11 Å². The van der Waals surface area contributed by atoms with Gasteiger partial charge in [0.15, 0.2) is 11.5 Å². The summed E-state index contributed by atoms with van der Waals surface area (Å²) in [5, 5.41) is 0. The molecule has 3 rings (SSSR count). The van der Waals surface area contributed by atoms with Gasteiger partial charge in [-0.05, 0) is 12.0 Å². The Labute approximate surface area is 137 Å². The van der Waals surface area contributed by atoms with Crippen LogP contribution in [0.1, 0.15) is 48.8 Å². The van der Waals surface area contributed by atoms with Crippen molar-refractivity contribution >= 4 is 5.97 Å². The van der Waals surface area contributed by atoms with E-state index in [0.717, 1.165) is 42.7 Å². The number of hydrogen-bond donors (Lipinski definition) is 0. The van der Waals surface area contributed by atoms with Crippen LogP contribution in [0.2, 0.25) is 0 Å². The van der Waals surface area contributed by atoms with Crippen molar-refractivity contribution in [3.8, 4) is 11.5 Å². The molecule has 1 heterocycles. The van der Waals surface area contributed by atoms with Crippen LogP contribution in [-0.4, -0.2) is 13.1 Å². The fourth-order valence-electron chi connectivity index (χ4n) is 3.00. The summed E-state index contributed by atoms with van der Waals surface area (Å²) in [6.07, 6.45) is 3.71. The van der Waals surface area contributed by atoms with Crippen LogP contribution in [0.15, 0.2) is 42.5 Å². The van der Waals surface area contributed by atoms with E-state index in [1.54, 1.807) is 0 Å². The lowest BCUT2D eigenvalue weighted by molar-refractivity contribution is -0.142. The van der Waals surface area contributed by atoms with Gasteiger partial charge in [-0.25, -0.2) is 0 Å². The van der Waals surface area contributed by atoms with E-state index >= 15 is 0 Å². The van der Waals surface area contributed by atoms with Crippen molar-refractivity contribution in [3.63, 3.8) is 0 Å². The van der Waals surface area contributed by atoms with Gasteiger partial charge in [0.05, 0.1) is 13.0 Å². The van der Waals surface area contributed by atoms with Gasteiger partial charge in [-0.1, -0.05) is 62.2 Å². The maximum atomic E-state index is 12.1. The number of benzene rings is 2. The summed E-state index contributed by atoms with van der Waals surface area (Å²) in [6.45, 7) is 2.12. The summed E-state index contributed by atoms with van der Waals surface area (Å²) in [7, 11) is 1.45. The minimum atomic E-state index is -0.220. The lowest BCUT2D eigenvalue weighted by Crippen LogP contribution is -2.13. The molecule has 23 heavy (non-hydrogen) atoms. The average molecular weight is 310 g/mol. The van der Waals surface area contributed by atoms with E-state index in [1.807, 2.05) is 24.3 Å². The number of carbonyl (C=O) groups is 1. The molecule has 3 heteroatoms. The molecule has 2 aromatic carbocycles. The number of carbonyl (C=O) groups excluding carboxylic acids is 1. The minimum absolute atomic E-state index is 0.174. The van der Waals surface area contributed by atoms with E-state index in [2.05, 4.69) is 25.1 Å². The zero-order valence-electron chi connectivity index (χ0n) is 13.7. The standard InChI is InChI=1S/C20H22O3/c1-3-4-10-17(20(21)22-2)16-12-11-15(18-19(16)23-18)13-14-8-6-5-7-9-14/h5-9,11-12,17H,3-4,10,13H2,1-2H3. The molecule has 0 saturated carbocycles. The first-order valence-electron chi connectivity index (χ1n) is 8.20. The van der Waals surface area contributed by atoms with Crippen LogP contribution >= 0.6 is 0 Å². The van der Waals surface area contributed by atoms with E-state index < -0.39 is 0 Å². The summed E-state index contributed by atoms with van der Waals surface area (Å²) in [4.78, 5) is 12.1. The molecule has 3 nitrogen and oxygen atoms in total. The van der Waals surface area contributed by atoms with Crippen molar-refractivity contribution in [2.24, 2.45) is 0 Å². The molecule has 0 aromatic heterocycles. The first kappa shape index (κ1) is 15.6. The Balaban J connectivity index is 1.82. The van der Waals surface area contributed by atoms with Gasteiger partial charge in [-0.15, -0.1) is 0 Å². The molecule has 0 saturated heterocycles. The van der Waals surface area contributed by atoms with E-state index in [4.69, 9.17) is 9.47 Å². The third-order valence-electron chi connectivity index (χ3n) is 4.33. The van der Waals surface area contributed by atoms with Gasteiger partial charge < -0.3 is 9.47 Å². The number of rotatable bonds is 7. The Kier molecular flexibility index (Phi) is 4.65. The third-order valence-corrected chi connectivity index (χ3v) is 4.33. The lowest BCUT2D eigenvalue weighted by Gasteiger charge is -2.13. The summed E-state index contributed by atoms with van der Waals surface area (Å²) < 4.78 is 10.7.